The second kappa shape index (κ2) is 9.07. The fraction of sp³-hybridized carbons (Fsp3) is 0.412. The van der Waals surface area contributed by atoms with Crippen LogP contribution in [0.25, 0.3) is 0 Å². The van der Waals surface area contributed by atoms with E-state index in [1.165, 1.54) is 15.6 Å². The average Bonchev–Trinajstić information content (AvgIpc) is 3.09. The summed E-state index contributed by atoms with van der Waals surface area (Å²) in [6.45, 7) is 5.06. The van der Waals surface area contributed by atoms with Crippen molar-refractivity contribution in [3.05, 3.63) is 46.4 Å². The molecule has 0 unspecified atom stereocenters. The van der Waals surface area contributed by atoms with Crippen LogP contribution in [0.2, 0.25) is 0 Å². The lowest BCUT2D eigenvalue weighted by Crippen LogP contribution is -2.31. The highest BCUT2D eigenvalue weighted by Crippen LogP contribution is 2.20. The Kier molecular flexibility index (Phi) is 7.10. The van der Waals surface area contributed by atoms with Crippen LogP contribution in [0, 0.1) is 0 Å². The van der Waals surface area contributed by atoms with Crippen LogP contribution in [0.1, 0.15) is 42.2 Å². The third-order valence-electron chi connectivity index (χ3n) is 3.49. The maximum atomic E-state index is 12.8. The number of benzene rings is 1. The fourth-order valence-electron chi connectivity index (χ4n) is 2.24. The standard InChI is InChI=1S/C17H23N3O3S2/c1-3-10-18-17(21)15-13-24-16(19-15)12-20(11-4-2)25(22,23)14-8-6-5-7-9-14/h5-9,13H,3-4,10-12H2,1-2H3,(H,18,21). The SMILES string of the molecule is CCCNC(=O)c1csc(CN(CCC)S(=O)(=O)c2ccccc2)n1. The Bertz CT molecular complexity index is 788. The van der Waals surface area contributed by atoms with Crippen molar-refractivity contribution in [1.29, 1.82) is 0 Å². The molecule has 25 heavy (non-hydrogen) atoms. The predicted octanol–water partition coefficient (Wildman–Crippen LogP) is 2.88. The van der Waals surface area contributed by atoms with Gasteiger partial charge >= 0.3 is 0 Å². The summed E-state index contributed by atoms with van der Waals surface area (Å²) in [5.41, 5.74) is 0.335. The van der Waals surface area contributed by atoms with E-state index in [0.717, 1.165) is 6.42 Å². The van der Waals surface area contributed by atoms with Gasteiger partial charge in [0.15, 0.2) is 0 Å². The summed E-state index contributed by atoms with van der Waals surface area (Å²) in [4.78, 5) is 16.5. The molecule has 2 aromatic rings. The third kappa shape index (κ3) is 5.10. The van der Waals surface area contributed by atoms with Crippen LogP contribution in [0.3, 0.4) is 0 Å². The zero-order valence-electron chi connectivity index (χ0n) is 14.4. The largest absolute Gasteiger partial charge is 0.351 e. The van der Waals surface area contributed by atoms with Crippen LogP contribution in [-0.2, 0) is 16.6 Å². The summed E-state index contributed by atoms with van der Waals surface area (Å²) < 4.78 is 27.1. The monoisotopic (exact) mass is 381 g/mol. The molecule has 0 saturated carbocycles. The van der Waals surface area contributed by atoms with E-state index >= 15 is 0 Å². The van der Waals surface area contributed by atoms with Crippen LogP contribution in [0.15, 0.2) is 40.6 Å². The number of sulfonamides is 1. The third-order valence-corrected chi connectivity index (χ3v) is 6.18. The summed E-state index contributed by atoms with van der Waals surface area (Å²) in [6, 6.07) is 8.37. The maximum absolute atomic E-state index is 12.8. The van der Waals surface area contributed by atoms with Crippen LogP contribution in [0.4, 0.5) is 0 Å². The lowest BCUT2D eigenvalue weighted by Gasteiger charge is -2.20. The minimum Gasteiger partial charge on any atom is -0.351 e. The number of hydrogen-bond acceptors (Lipinski definition) is 5. The summed E-state index contributed by atoms with van der Waals surface area (Å²) in [6.07, 6.45) is 1.55. The van der Waals surface area contributed by atoms with Gasteiger partial charge in [0.05, 0.1) is 11.4 Å². The Morgan fingerprint density at radius 1 is 1.20 bits per heavy atom. The fourth-order valence-corrected chi connectivity index (χ4v) is 4.63. The highest BCUT2D eigenvalue weighted by molar-refractivity contribution is 7.89. The molecule has 1 heterocycles. The first-order valence-electron chi connectivity index (χ1n) is 8.26. The highest BCUT2D eigenvalue weighted by atomic mass is 32.2. The molecule has 2 rings (SSSR count). The quantitative estimate of drug-likeness (QED) is 0.724. The molecule has 0 spiro atoms. The van der Waals surface area contributed by atoms with E-state index in [9.17, 15) is 13.2 Å². The Hall–Kier alpha value is -1.77. The van der Waals surface area contributed by atoms with Gasteiger partial charge in [0.25, 0.3) is 5.91 Å². The molecule has 0 atom stereocenters. The molecule has 0 aliphatic carbocycles. The molecular weight excluding hydrogens is 358 g/mol. The van der Waals surface area contributed by atoms with Crippen LogP contribution in [0.5, 0.6) is 0 Å². The molecule has 1 aromatic heterocycles. The first-order valence-corrected chi connectivity index (χ1v) is 10.6. The second-order valence-corrected chi connectivity index (χ2v) is 8.41. The van der Waals surface area contributed by atoms with E-state index in [1.54, 1.807) is 35.7 Å². The van der Waals surface area contributed by atoms with Gasteiger partial charge in [0, 0.05) is 18.5 Å². The molecule has 136 valence electrons. The zero-order chi connectivity index (χ0) is 18.3. The van der Waals surface area contributed by atoms with Gasteiger partial charge in [0.2, 0.25) is 10.0 Å². The Labute approximate surface area is 153 Å². The molecule has 0 fully saturated rings. The van der Waals surface area contributed by atoms with Gasteiger partial charge < -0.3 is 5.32 Å². The van der Waals surface area contributed by atoms with Crippen molar-refractivity contribution < 1.29 is 13.2 Å². The zero-order valence-corrected chi connectivity index (χ0v) is 16.1. The van der Waals surface area contributed by atoms with E-state index in [0.29, 0.717) is 30.2 Å². The highest BCUT2D eigenvalue weighted by Gasteiger charge is 2.25. The minimum absolute atomic E-state index is 0.163. The average molecular weight is 382 g/mol. The van der Waals surface area contributed by atoms with Gasteiger partial charge in [-0.05, 0) is 25.0 Å². The van der Waals surface area contributed by atoms with E-state index < -0.39 is 10.0 Å². The van der Waals surface area contributed by atoms with E-state index in [2.05, 4.69) is 10.3 Å². The van der Waals surface area contributed by atoms with Crippen molar-refractivity contribution in [2.75, 3.05) is 13.1 Å². The van der Waals surface area contributed by atoms with Crippen molar-refractivity contribution >= 4 is 27.3 Å². The van der Waals surface area contributed by atoms with E-state index in [1.807, 2.05) is 13.8 Å². The smallest absolute Gasteiger partial charge is 0.270 e. The van der Waals surface area contributed by atoms with Gasteiger partial charge in [-0.1, -0.05) is 32.0 Å². The number of nitrogens with zero attached hydrogens (tertiary/aromatic N) is 2. The van der Waals surface area contributed by atoms with Crippen molar-refractivity contribution in [2.24, 2.45) is 0 Å². The summed E-state index contributed by atoms with van der Waals surface area (Å²) >= 11 is 1.30. The molecular formula is C17H23N3O3S2. The first-order chi connectivity index (χ1) is 12.0. The van der Waals surface area contributed by atoms with Crippen molar-refractivity contribution in [2.45, 2.75) is 38.1 Å². The number of carbonyl (C=O) groups excluding carboxylic acids is 1. The number of aromatic nitrogens is 1. The minimum atomic E-state index is -3.59. The van der Waals surface area contributed by atoms with Crippen LogP contribution < -0.4 is 5.32 Å². The van der Waals surface area contributed by atoms with Crippen LogP contribution >= 0.6 is 11.3 Å². The molecule has 1 N–H and O–H groups in total. The number of rotatable bonds is 9. The molecule has 8 heteroatoms. The van der Waals surface area contributed by atoms with E-state index in [4.69, 9.17) is 0 Å². The summed E-state index contributed by atoms with van der Waals surface area (Å²) in [5, 5.41) is 5.04. The van der Waals surface area contributed by atoms with Gasteiger partial charge in [-0.25, -0.2) is 13.4 Å². The normalized spacial score (nSPS) is 11.6. The Morgan fingerprint density at radius 2 is 1.92 bits per heavy atom. The van der Waals surface area contributed by atoms with Crippen molar-refractivity contribution in [1.82, 2.24) is 14.6 Å². The van der Waals surface area contributed by atoms with Crippen LogP contribution in [-0.4, -0.2) is 36.7 Å². The predicted molar refractivity (Wildman–Crippen MR) is 99.1 cm³/mol. The van der Waals surface area contributed by atoms with Gasteiger partial charge in [-0.15, -0.1) is 11.3 Å². The van der Waals surface area contributed by atoms with Gasteiger partial charge in [-0.2, -0.15) is 4.31 Å². The van der Waals surface area contributed by atoms with E-state index in [-0.39, 0.29) is 17.3 Å². The Balaban J connectivity index is 2.17. The number of nitrogens with one attached hydrogen (secondary N) is 1. The molecule has 0 aliphatic rings. The van der Waals surface area contributed by atoms with Gasteiger partial charge in [0.1, 0.15) is 10.7 Å². The molecule has 0 radical (unpaired) electrons. The summed E-state index contributed by atoms with van der Waals surface area (Å²) in [7, 11) is -3.59. The van der Waals surface area contributed by atoms with Crippen molar-refractivity contribution in [3.63, 3.8) is 0 Å². The lowest BCUT2D eigenvalue weighted by molar-refractivity contribution is 0.0949. The number of carbonyl (C=O) groups is 1. The topological polar surface area (TPSA) is 79.4 Å². The van der Waals surface area contributed by atoms with Gasteiger partial charge in [-0.3, -0.25) is 4.79 Å². The molecule has 6 nitrogen and oxygen atoms in total. The molecule has 0 aliphatic heterocycles. The summed E-state index contributed by atoms with van der Waals surface area (Å²) in [5.74, 6) is -0.225. The molecule has 1 amide bonds. The van der Waals surface area contributed by atoms with Crippen molar-refractivity contribution in [3.8, 4) is 0 Å². The molecule has 0 saturated heterocycles. The number of amides is 1. The molecule has 0 bridgehead atoms. The number of thiazole rings is 1. The maximum Gasteiger partial charge on any atom is 0.270 e. The lowest BCUT2D eigenvalue weighted by atomic mass is 10.4. The first kappa shape index (κ1) is 19.6. The Morgan fingerprint density at radius 3 is 2.56 bits per heavy atom. The molecule has 1 aromatic carbocycles. The number of hydrogen-bond donors (Lipinski definition) is 1. The second-order valence-electron chi connectivity index (χ2n) is 5.53.